The molecule has 6 nitrogen and oxygen atoms in total. The van der Waals surface area contributed by atoms with Crippen LogP contribution in [0.3, 0.4) is 0 Å². The highest BCUT2D eigenvalue weighted by Gasteiger charge is 2.41. The number of nitrogens with one attached hydrogen (secondary N) is 2. The Kier molecular flexibility index (Phi) is 4.01. The summed E-state index contributed by atoms with van der Waals surface area (Å²) in [6.07, 6.45) is 10.3. The first-order valence-corrected chi connectivity index (χ1v) is 9.77. The molecule has 0 radical (unpaired) electrons. The molecule has 3 atom stereocenters. The largest absolute Gasteiger partial charge is 0.361 e. The number of H-pyrrole nitrogens is 1. The maximum Gasteiger partial charge on any atom is 0.251 e. The number of hydrogen-bond acceptors (Lipinski definition) is 3. The van der Waals surface area contributed by atoms with E-state index in [1.54, 1.807) is 0 Å². The third-order valence-electron chi connectivity index (χ3n) is 6.28. The first kappa shape index (κ1) is 16.6. The lowest BCUT2D eigenvalue weighted by molar-refractivity contribution is 0.0818. The summed E-state index contributed by atoms with van der Waals surface area (Å²) in [6, 6.07) is 9.21. The van der Waals surface area contributed by atoms with Crippen LogP contribution in [0, 0.1) is 0 Å². The van der Waals surface area contributed by atoms with Crippen LogP contribution >= 0.6 is 0 Å². The zero-order valence-electron chi connectivity index (χ0n) is 15.6. The molecule has 2 aliphatic heterocycles. The molecule has 2 saturated heterocycles. The van der Waals surface area contributed by atoms with Crippen molar-refractivity contribution in [3.05, 3.63) is 54.2 Å². The van der Waals surface area contributed by atoms with Gasteiger partial charge in [0.25, 0.3) is 5.91 Å². The number of carbonyl (C=O) groups excluding carboxylic acids is 1. The number of nitrogens with zero attached hydrogens (tertiary/aromatic N) is 3. The Balaban J connectivity index is 1.25. The molecule has 27 heavy (non-hydrogen) atoms. The van der Waals surface area contributed by atoms with Gasteiger partial charge in [0.15, 0.2) is 0 Å². The van der Waals surface area contributed by atoms with Gasteiger partial charge in [0.1, 0.15) is 5.82 Å². The number of hydrogen-bond donors (Lipinski definition) is 2. The van der Waals surface area contributed by atoms with Crippen molar-refractivity contribution in [2.24, 2.45) is 7.05 Å². The van der Waals surface area contributed by atoms with Crippen molar-refractivity contribution in [3.63, 3.8) is 0 Å². The highest BCUT2D eigenvalue weighted by atomic mass is 16.1. The maximum absolute atomic E-state index is 12.7. The Morgan fingerprint density at radius 3 is 2.81 bits per heavy atom. The maximum atomic E-state index is 12.7. The van der Waals surface area contributed by atoms with E-state index in [0.29, 0.717) is 12.1 Å². The Bertz CT molecular complexity index is 960. The molecule has 1 aromatic carbocycles. The molecule has 2 aromatic heterocycles. The van der Waals surface area contributed by atoms with E-state index in [1.807, 2.05) is 42.9 Å². The molecule has 6 heteroatoms. The smallest absolute Gasteiger partial charge is 0.251 e. The number of benzene rings is 1. The minimum Gasteiger partial charge on any atom is -0.361 e. The monoisotopic (exact) mass is 363 g/mol. The first-order chi connectivity index (χ1) is 13.2. The molecular formula is C21H25N5O. The van der Waals surface area contributed by atoms with E-state index in [4.69, 9.17) is 0 Å². The number of fused-ring (bicyclic) bond motifs is 3. The number of rotatable bonds is 4. The molecule has 5 rings (SSSR count). The quantitative estimate of drug-likeness (QED) is 0.749. The number of amides is 1. The van der Waals surface area contributed by atoms with Crippen LogP contribution in [0.15, 0.2) is 42.9 Å². The van der Waals surface area contributed by atoms with Crippen molar-refractivity contribution in [1.29, 1.82) is 0 Å². The molecule has 0 saturated carbocycles. The molecule has 1 unspecified atom stereocenters. The van der Waals surface area contributed by atoms with Gasteiger partial charge in [-0.2, -0.15) is 0 Å². The molecule has 1 amide bonds. The lowest BCUT2D eigenvalue weighted by Gasteiger charge is -2.39. The highest BCUT2D eigenvalue weighted by molar-refractivity contribution is 5.98. The van der Waals surface area contributed by atoms with Gasteiger partial charge in [-0.05, 0) is 49.3 Å². The average molecular weight is 363 g/mol. The van der Waals surface area contributed by atoms with Crippen molar-refractivity contribution in [1.82, 2.24) is 24.8 Å². The fourth-order valence-electron chi connectivity index (χ4n) is 4.82. The van der Waals surface area contributed by atoms with Gasteiger partial charge in [-0.1, -0.05) is 6.07 Å². The second-order valence-corrected chi connectivity index (χ2v) is 7.93. The van der Waals surface area contributed by atoms with Crippen LogP contribution < -0.4 is 5.32 Å². The van der Waals surface area contributed by atoms with Crippen LogP contribution in [-0.4, -0.2) is 43.5 Å². The van der Waals surface area contributed by atoms with Gasteiger partial charge in [-0.3, -0.25) is 9.69 Å². The van der Waals surface area contributed by atoms with Crippen LogP contribution in [0.25, 0.3) is 10.9 Å². The van der Waals surface area contributed by atoms with Crippen LogP contribution in [0.4, 0.5) is 0 Å². The first-order valence-electron chi connectivity index (χ1n) is 9.77. The van der Waals surface area contributed by atoms with Gasteiger partial charge < -0.3 is 14.9 Å². The van der Waals surface area contributed by atoms with Gasteiger partial charge >= 0.3 is 0 Å². The number of aryl methyl sites for hydroxylation is 1. The number of imidazole rings is 1. The Morgan fingerprint density at radius 2 is 2.07 bits per heavy atom. The SMILES string of the molecule is Cn1ccnc1CN1[C@@H]2CC[C@H]1CC(NC(=O)c1ccc3cc[nH]c3c1)C2. The van der Waals surface area contributed by atoms with Gasteiger partial charge in [0.05, 0.1) is 6.54 Å². The van der Waals surface area contributed by atoms with Crippen molar-refractivity contribution < 1.29 is 4.79 Å². The summed E-state index contributed by atoms with van der Waals surface area (Å²) < 4.78 is 2.10. The summed E-state index contributed by atoms with van der Waals surface area (Å²) in [4.78, 5) is 23.0. The Labute approximate surface area is 158 Å². The fourth-order valence-corrected chi connectivity index (χ4v) is 4.82. The summed E-state index contributed by atoms with van der Waals surface area (Å²) in [5.41, 5.74) is 1.74. The zero-order chi connectivity index (χ0) is 18.4. The minimum absolute atomic E-state index is 0.0356. The molecule has 140 valence electrons. The molecule has 3 aromatic rings. The molecular weight excluding hydrogens is 338 g/mol. The molecule has 2 fully saturated rings. The van der Waals surface area contributed by atoms with Crippen LogP contribution in [0.5, 0.6) is 0 Å². The summed E-state index contributed by atoms with van der Waals surface area (Å²) in [6.45, 7) is 0.906. The van der Waals surface area contributed by atoms with Gasteiger partial charge in [-0.25, -0.2) is 4.98 Å². The minimum atomic E-state index is 0.0356. The molecule has 2 bridgehead atoms. The number of carbonyl (C=O) groups is 1. The van der Waals surface area contributed by atoms with Gasteiger partial charge in [0, 0.05) is 54.8 Å². The molecule has 2 aliphatic rings. The fraction of sp³-hybridized carbons (Fsp3) is 0.429. The van der Waals surface area contributed by atoms with E-state index in [0.717, 1.165) is 41.7 Å². The van der Waals surface area contributed by atoms with Crippen molar-refractivity contribution in [2.45, 2.75) is 50.4 Å². The van der Waals surface area contributed by atoms with E-state index in [-0.39, 0.29) is 11.9 Å². The summed E-state index contributed by atoms with van der Waals surface area (Å²) in [5.74, 6) is 1.15. The van der Waals surface area contributed by atoms with Crippen LogP contribution in [0.2, 0.25) is 0 Å². The molecule has 4 heterocycles. The number of aromatic nitrogens is 3. The third kappa shape index (κ3) is 3.04. The normalized spacial score (nSPS) is 25.1. The topological polar surface area (TPSA) is 66.0 Å². The molecule has 0 aliphatic carbocycles. The highest BCUT2D eigenvalue weighted by Crippen LogP contribution is 2.36. The number of piperidine rings is 1. The van der Waals surface area contributed by atoms with E-state index in [1.165, 1.54) is 12.8 Å². The Morgan fingerprint density at radius 1 is 1.26 bits per heavy atom. The van der Waals surface area contributed by atoms with Gasteiger partial charge in [-0.15, -0.1) is 0 Å². The van der Waals surface area contributed by atoms with E-state index in [9.17, 15) is 4.79 Å². The predicted octanol–water partition coefficient (Wildman–Crippen LogP) is 2.83. The lowest BCUT2D eigenvalue weighted by Crippen LogP contribution is -2.50. The predicted molar refractivity (Wildman–Crippen MR) is 104 cm³/mol. The van der Waals surface area contributed by atoms with Crippen molar-refractivity contribution in [2.75, 3.05) is 0 Å². The summed E-state index contributed by atoms with van der Waals surface area (Å²) in [7, 11) is 2.05. The second kappa shape index (κ2) is 6.53. The summed E-state index contributed by atoms with van der Waals surface area (Å²) >= 11 is 0. The van der Waals surface area contributed by atoms with E-state index >= 15 is 0 Å². The molecule has 0 spiro atoms. The lowest BCUT2D eigenvalue weighted by atomic mass is 9.96. The van der Waals surface area contributed by atoms with Crippen molar-refractivity contribution in [3.8, 4) is 0 Å². The van der Waals surface area contributed by atoms with Crippen molar-refractivity contribution >= 4 is 16.8 Å². The van der Waals surface area contributed by atoms with Crippen LogP contribution in [0.1, 0.15) is 41.9 Å². The average Bonchev–Trinajstić information content (AvgIpc) is 3.34. The molecule has 2 N–H and O–H groups in total. The number of aromatic amines is 1. The Hall–Kier alpha value is -2.60. The zero-order valence-corrected chi connectivity index (χ0v) is 15.6. The standard InChI is InChI=1S/C21H25N5O/c1-25-9-8-23-20(25)13-26-17-4-5-18(26)12-16(11-17)24-21(27)15-3-2-14-6-7-22-19(14)10-15/h2-3,6-10,16-18,22H,4-5,11-13H2,1H3,(H,24,27)/t16?,17-,18+. The van der Waals surface area contributed by atoms with Gasteiger partial charge in [0.2, 0.25) is 0 Å². The van der Waals surface area contributed by atoms with E-state index in [2.05, 4.69) is 31.8 Å². The third-order valence-corrected chi connectivity index (χ3v) is 6.28. The van der Waals surface area contributed by atoms with E-state index < -0.39 is 0 Å². The second-order valence-electron chi connectivity index (χ2n) is 7.93. The van der Waals surface area contributed by atoms with Crippen LogP contribution in [-0.2, 0) is 13.6 Å². The summed E-state index contributed by atoms with van der Waals surface area (Å²) in [5, 5.41) is 4.41.